The van der Waals surface area contributed by atoms with E-state index in [9.17, 15) is 4.79 Å². The van der Waals surface area contributed by atoms with Crippen LogP contribution in [-0.4, -0.2) is 16.6 Å². The van der Waals surface area contributed by atoms with Gasteiger partial charge >= 0.3 is 0 Å². The molecule has 0 atom stereocenters. The summed E-state index contributed by atoms with van der Waals surface area (Å²) in [6.45, 7) is 2.01. The smallest absolute Gasteiger partial charge is 0.267 e. The Morgan fingerprint density at radius 3 is 2.35 bits per heavy atom. The Morgan fingerprint density at radius 1 is 1.00 bits per heavy atom. The molecule has 1 N–H and O–H groups in total. The molecular formula is C21H18BrN3O. The normalized spacial score (nSPS) is 11.2. The minimum Gasteiger partial charge on any atom is -0.267 e. The van der Waals surface area contributed by atoms with Crippen LogP contribution in [-0.2, 0) is 0 Å². The number of hydrogen-bond acceptors (Lipinski definition) is 3. The fourth-order valence-corrected chi connectivity index (χ4v) is 2.92. The molecule has 0 radical (unpaired) electrons. The van der Waals surface area contributed by atoms with Crippen molar-refractivity contribution < 1.29 is 4.79 Å². The summed E-state index contributed by atoms with van der Waals surface area (Å²) in [5.41, 5.74) is 7.19. The molecule has 26 heavy (non-hydrogen) atoms. The van der Waals surface area contributed by atoms with E-state index in [1.54, 1.807) is 12.3 Å². The third-order valence-electron chi connectivity index (χ3n) is 3.92. The predicted molar refractivity (Wildman–Crippen MR) is 108 cm³/mol. The molecule has 4 nitrogen and oxygen atoms in total. The second-order valence-corrected chi connectivity index (χ2v) is 6.60. The fraction of sp³-hybridized carbons (Fsp3) is 0.0952. The van der Waals surface area contributed by atoms with Gasteiger partial charge in [-0.2, -0.15) is 5.10 Å². The first kappa shape index (κ1) is 18.0. The number of amides is 1. The Bertz CT molecular complexity index is 922. The number of halogens is 1. The van der Waals surface area contributed by atoms with Crippen LogP contribution in [0.1, 0.15) is 29.3 Å². The topological polar surface area (TPSA) is 54.4 Å². The lowest BCUT2D eigenvalue weighted by Gasteiger charge is -2.07. The third-order valence-corrected chi connectivity index (χ3v) is 4.35. The van der Waals surface area contributed by atoms with Crippen LogP contribution in [0.3, 0.4) is 0 Å². The number of hydrogen-bond donors (Lipinski definition) is 1. The van der Waals surface area contributed by atoms with Gasteiger partial charge in [-0.05, 0) is 45.1 Å². The number of aromatic nitrogens is 1. The van der Waals surface area contributed by atoms with E-state index in [1.165, 1.54) is 11.8 Å². The van der Waals surface area contributed by atoms with Crippen molar-refractivity contribution in [2.24, 2.45) is 5.10 Å². The van der Waals surface area contributed by atoms with E-state index in [1.807, 2.05) is 37.3 Å². The molecule has 0 aliphatic rings. The minimum atomic E-state index is -0.286. The van der Waals surface area contributed by atoms with Gasteiger partial charge in [0.15, 0.2) is 0 Å². The molecule has 1 heterocycles. The standard InChI is InChI=1S/C21H18BrN3O/c1-2-20(24-25-21(26)18-12-19(22)14-23-13-18)17-10-8-16(9-11-17)15-6-4-3-5-7-15/h3-14H,2H2,1H3,(H,25,26)/b24-20+. The molecule has 0 spiro atoms. The highest BCUT2D eigenvalue weighted by molar-refractivity contribution is 9.10. The number of carbonyl (C=O) groups excluding carboxylic acids is 1. The van der Waals surface area contributed by atoms with Gasteiger partial charge < -0.3 is 0 Å². The maximum atomic E-state index is 12.2. The summed E-state index contributed by atoms with van der Waals surface area (Å²) in [7, 11) is 0. The first-order valence-electron chi connectivity index (χ1n) is 8.30. The summed E-state index contributed by atoms with van der Waals surface area (Å²) >= 11 is 3.31. The largest absolute Gasteiger partial charge is 0.272 e. The number of carbonyl (C=O) groups is 1. The average Bonchev–Trinajstić information content (AvgIpc) is 2.69. The van der Waals surface area contributed by atoms with Gasteiger partial charge in [-0.3, -0.25) is 9.78 Å². The fourth-order valence-electron chi connectivity index (χ4n) is 2.55. The number of rotatable bonds is 5. The van der Waals surface area contributed by atoms with Crippen LogP contribution in [0.4, 0.5) is 0 Å². The van der Waals surface area contributed by atoms with E-state index < -0.39 is 0 Å². The van der Waals surface area contributed by atoms with Gasteiger partial charge in [-0.15, -0.1) is 0 Å². The van der Waals surface area contributed by atoms with Gasteiger partial charge in [-0.25, -0.2) is 5.43 Å². The Kier molecular flexibility index (Phi) is 5.92. The van der Waals surface area contributed by atoms with E-state index in [-0.39, 0.29) is 5.91 Å². The molecular weight excluding hydrogens is 390 g/mol. The maximum Gasteiger partial charge on any atom is 0.272 e. The van der Waals surface area contributed by atoms with Crippen molar-refractivity contribution in [3.05, 3.63) is 88.7 Å². The van der Waals surface area contributed by atoms with E-state index in [2.05, 4.69) is 55.7 Å². The van der Waals surface area contributed by atoms with Crippen molar-refractivity contribution in [2.75, 3.05) is 0 Å². The van der Waals surface area contributed by atoms with Crippen LogP contribution in [0.15, 0.2) is 82.6 Å². The molecule has 0 unspecified atom stereocenters. The molecule has 5 heteroatoms. The second-order valence-electron chi connectivity index (χ2n) is 5.69. The van der Waals surface area contributed by atoms with E-state index in [0.717, 1.165) is 21.3 Å². The molecule has 1 amide bonds. The molecule has 0 bridgehead atoms. The maximum absolute atomic E-state index is 12.2. The highest BCUT2D eigenvalue weighted by Crippen LogP contribution is 2.20. The first-order valence-corrected chi connectivity index (χ1v) is 9.10. The Morgan fingerprint density at radius 2 is 1.69 bits per heavy atom. The van der Waals surface area contributed by atoms with E-state index in [4.69, 9.17) is 0 Å². The minimum absolute atomic E-state index is 0.286. The van der Waals surface area contributed by atoms with Crippen molar-refractivity contribution in [3.8, 4) is 11.1 Å². The zero-order chi connectivity index (χ0) is 18.4. The summed E-state index contributed by atoms with van der Waals surface area (Å²) in [4.78, 5) is 16.2. The summed E-state index contributed by atoms with van der Waals surface area (Å²) in [5.74, 6) is -0.286. The van der Waals surface area contributed by atoms with Gasteiger partial charge in [0.1, 0.15) is 0 Å². The quantitative estimate of drug-likeness (QED) is 0.474. The Hall–Kier alpha value is -2.79. The molecule has 0 saturated heterocycles. The highest BCUT2D eigenvalue weighted by Gasteiger charge is 2.07. The Balaban J connectivity index is 1.76. The molecule has 0 saturated carbocycles. The Labute approximate surface area is 161 Å². The molecule has 1 aromatic heterocycles. The predicted octanol–water partition coefficient (Wildman–Crippen LogP) is 5.06. The zero-order valence-corrected chi connectivity index (χ0v) is 15.9. The first-order chi connectivity index (χ1) is 12.7. The summed E-state index contributed by atoms with van der Waals surface area (Å²) in [6, 6.07) is 20.1. The molecule has 0 fully saturated rings. The molecule has 0 aliphatic carbocycles. The summed E-state index contributed by atoms with van der Waals surface area (Å²) < 4.78 is 0.751. The lowest BCUT2D eigenvalue weighted by molar-refractivity contribution is 0.0954. The van der Waals surface area contributed by atoms with Crippen molar-refractivity contribution in [3.63, 3.8) is 0 Å². The zero-order valence-electron chi connectivity index (χ0n) is 14.3. The van der Waals surface area contributed by atoms with Crippen LogP contribution in [0.2, 0.25) is 0 Å². The highest BCUT2D eigenvalue weighted by atomic mass is 79.9. The van der Waals surface area contributed by atoms with E-state index >= 15 is 0 Å². The van der Waals surface area contributed by atoms with Crippen molar-refractivity contribution in [2.45, 2.75) is 13.3 Å². The number of hydrazone groups is 1. The van der Waals surface area contributed by atoms with Gasteiger partial charge in [0, 0.05) is 16.9 Å². The van der Waals surface area contributed by atoms with E-state index in [0.29, 0.717) is 12.0 Å². The summed E-state index contributed by atoms with van der Waals surface area (Å²) in [5, 5.41) is 4.29. The molecule has 2 aromatic carbocycles. The van der Waals surface area contributed by atoms with Gasteiger partial charge in [-0.1, -0.05) is 61.5 Å². The molecule has 0 aliphatic heterocycles. The number of nitrogens with zero attached hydrogens (tertiary/aromatic N) is 2. The third kappa shape index (κ3) is 4.43. The second kappa shape index (κ2) is 8.54. The van der Waals surface area contributed by atoms with Crippen molar-refractivity contribution >= 4 is 27.5 Å². The van der Waals surface area contributed by atoms with Gasteiger partial charge in [0.05, 0.1) is 11.3 Å². The number of benzene rings is 2. The SMILES string of the molecule is CC/C(=N\NC(=O)c1cncc(Br)c1)c1ccc(-c2ccccc2)cc1. The molecule has 3 rings (SSSR count). The van der Waals surface area contributed by atoms with Crippen LogP contribution in [0.5, 0.6) is 0 Å². The van der Waals surface area contributed by atoms with Crippen LogP contribution in [0, 0.1) is 0 Å². The van der Waals surface area contributed by atoms with Gasteiger partial charge in [0.25, 0.3) is 5.91 Å². The van der Waals surface area contributed by atoms with Crippen LogP contribution < -0.4 is 5.43 Å². The number of pyridine rings is 1. The molecule has 3 aromatic rings. The lowest BCUT2D eigenvalue weighted by Crippen LogP contribution is -2.20. The van der Waals surface area contributed by atoms with Gasteiger partial charge in [0.2, 0.25) is 0 Å². The lowest BCUT2D eigenvalue weighted by atomic mass is 10.0. The monoisotopic (exact) mass is 407 g/mol. The van der Waals surface area contributed by atoms with Crippen molar-refractivity contribution in [1.29, 1.82) is 0 Å². The number of nitrogens with one attached hydrogen (secondary N) is 1. The van der Waals surface area contributed by atoms with Crippen LogP contribution >= 0.6 is 15.9 Å². The van der Waals surface area contributed by atoms with Crippen LogP contribution in [0.25, 0.3) is 11.1 Å². The molecule has 130 valence electrons. The average molecular weight is 408 g/mol. The van der Waals surface area contributed by atoms with Crippen molar-refractivity contribution in [1.82, 2.24) is 10.4 Å². The summed E-state index contributed by atoms with van der Waals surface area (Å²) in [6.07, 6.45) is 3.85.